The van der Waals surface area contributed by atoms with Crippen LogP contribution in [0, 0.1) is 17.8 Å². The van der Waals surface area contributed by atoms with Gasteiger partial charge in [-0.05, 0) is 67.2 Å². The molecule has 4 aliphatic rings. The van der Waals surface area contributed by atoms with Crippen LogP contribution in [0.2, 0.25) is 0 Å². The quantitative estimate of drug-likeness (QED) is 0.313. The summed E-state index contributed by atoms with van der Waals surface area (Å²) < 4.78 is 56.8. The first kappa shape index (κ1) is 32.8. The molecule has 6 rings (SSSR count). The number of allylic oxidation sites excluding steroid dienone is 2. The molecule has 12 heteroatoms. The minimum absolute atomic E-state index is 0.00249. The number of nitrogens with two attached hydrogens (primary N) is 1. The lowest BCUT2D eigenvalue weighted by molar-refractivity contribution is -0.139. The van der Waals surface area contributed by atoms with Crippen molar-refractivity contribution in [2.45, 2.75) is 63.4 Å². The van der Waals surface area contributed by atoms with Crippen LogP contribution in [-0.4, -0.2) is 58.9 Å². The number of rotatable bonds is 9. The molecule has 4 atom stereocenters. The number of aliphatic hydroxyl groups is 1. The molecule has 0 saturated heterocycles. The molecular weight excluding hydrogens is 615 g/mol. The standard InChI is InChI=1S/C35H37F3N3O6/c1-17(19-7-5-4-6-8-19)41(15-18-9-10-18)16-21-13-24(42)27-23(29(21)35(36,37)38)12-20-11-22-14-25(43)28(33(40)45)31(39)34(22,47-3)32(46-2)26(20)30(27)44/h4-8,13,17-18,20,22,42-43H,9-12,14-16H2,1-3H3,(H2,40,45)/q-1/t17?,20-,22+,34-/m1/s1. The molecule has 9 nitrogen and oxygen atoms in total. The van der Waals surface area contributed by atoms with Gasteiger partial charge in [0.15, 0.2) is 5.78 Å². The number of hydrogen-bond acceptors (Lipinski definition) is 7. The van der Waals surface area contributed by atoms with Gasteiger partial charge in [0.25, 0.3) is 5.91 Å². The van der Waals surface area contributed by atoms with E-state index in [0.29, 0.717) is 12.5 Å². The van der Waals surface area contributed by atoms with Crippen LogP contribution >= 0.6 is 0 Å². The van der Waals surface area contributed by atoms with Crippen molar-refractivity contribution in [3.63, 3.8) is 0 Å². The molecule has 0 spiro atoms. The van der Waals surface area contributed by atoms with E-state index in [9.17, 15) is 25.2 Å². The number of carbonyl (C=O) groups is 2. The van der Waals surface area contributed by atoms with E-state index >= 15 is 13.2 Å². The third kappa shape index (κ3) is 5.31. The monoisotopic (exact) mass is 652 g/mol. The number of amides is 1. The third-order valence-corrected chi connectivity index (χ3v) is 10.3. The van der Waals surface area contributed by atoms with Crippen molar-refractivity contribution in [3.8, 4) is 5.75 Å². The molecule has 1 saturated carbocycles. The number of methoxy groups -OCH3 is 2. The molecule has 0 aromatic heterocycles. The molecule has 1 unspecified atom stereocenters. The van der Waals surface area contributed by atoms with Gasteiger partial charge in [-0.3, -0.25) is 14.5 Å². The number of aliphatic hydroxyl groups excluding tert-OH is 1. The molecule has 47 heavy (non-hydrogen) atoms. The number of aromatic hydroxyl groups is 1. The van der Waals surface area contributed by atoms with Crippen molar-refractivity contribution in [1.29, 1.82) is 0 Å². The zero-order valence-corrected chi connectivity index (χ0v) is 26.4. The molecule has 0 bridgehead atoms. The predicted octanol–water partition coefficient (Wildman–Crippen LogP) is 5.76. The Morgan fingerprint density at radius 2 is 1.85 bits per heavy atom. The Morgan fingerprint density at radius 3 is 2.43 bits per heavy atom. The highest BCUT2D eigenvalue weighted by atomic mass is 19.4. The van der Waals surface area contributed by atoms with Crippen LogP contribution in [0.15, 0.2) is 59.1 Å². The fraction of sp³-hybridized carbons (Fsp3) is 0.457. The highest BCUT2D eigenvalue weighted by molar-refractivity contribution is 6.28. The van der Waals surface area contributed by atoms with Crippen molar-refractivity contribution in [1.82, 2.24) is 4.90 Å². The van der Waals surface area contributed by atoms with Crippen LogP contribution in [0.25, 0.3) is 5.41 Å². The van der Waals surface area contributed by atoms with Crippen LogP contribution in [0.5, 0.6) is 5.75 Å². The van der Waals surface area contributed by atoms with E-state index < -0.39 is 69.2 Å². The van der Waals surface area contributed by atoms with Crippen molar-refractivity contribution in [2.75, 3.05) is 20.8 Å². The van der Waals surface area contributed by atoms with Crippen LogP contribution in [0.1, 0.15) is 71.3 Å². The van der Waals surface area contributed by atoms with Crippen LogP contribution in [0.4, 0.5) is 13.2 Å². The van der Waals surface area contributed by atoms with Gasteiger partial charge in [0.05, 0.1) is 23.8 Å². The van der Waals surface area contributed by atoms with Gasteiger partial charge in [0, 0.05) is 44.2 Å². The average molecular weight is 653 g/mol. The second-order valence-corrected chi connectivity index (χ2v) is 13.0. The Labute approximate surface area is 270 Å². The number of phenolic OH excluding ortho intramolecular Hbond substituents is 1. The summed E-state index contributed by atoms with van der Waals surface area (Å²) in [7, 11) is 2.44. The summed E-state index contributed by atoms with van der Waals surface area (Å²) in [5.74, 6) is -4.59. The number of carbonyl (C=O) groups excluding carboxylic acids is 2. The second kappa shape index (κ2) is 11.8. The number of nitrogens with zero attached hydrogens (tertiary/aromatic N) is 2. The van der Waals surface area contributed by atoms with Gasteiger partial charge in [-0.1, -0.05) is 30.3 Å². The van der Waals surface area contributed by atoms with Crippen LogP contribution in [-0.2, 0) is 33.4 Å². The number of Topliss-reactive ketones (excluding diaryl/α,β-unsaturated/α-hetero) is 1. The molecule has 0 radical (unpaired) electrons. The summed E-state index contributed by atoms with van der Waals surface area (Å²) in [4.78, 5) is 28.4. The smallest absolute Gasteiger partial charge is 0.417 e. The Kier molecular flexibility index (Phi) is 8.24. The van der Waals surface area contributed by atoms with E-state index in [1.54, 1.807) is 0 Å². The van der Waals surface area contributed by atoms with Crippen molar-refractivity contribution in [2.24, 2.45) is 23.5 Å². The number of ketones is 1. The highest BCUT2D eigenvalue weighted by Crippen LogP contribution is 2.55. The third-order valence-electron chi connectivity index (χ3n) is 10.3. The highest BCUT2D eigenvalue weighted by Gasteiger charge is 2.57. The average Bonchev–Trinajstić information content (AvgIpc) is 3.83. The fourth-order valence-electron chi connectivity index (χ4n) is 7.99. The summed E-state index contributed by atoms with van der Waals surface area (Å²) in [5.41, 5.74) is 1.23. The number of primary amides is 1. The summed E-state index contributed by atoms with van der Waals surface area (Å²) >= 11 is 0. The first-order chi connectivity index (χ1) is 22.2. The Balaban J connectivity index is 1.49. The Morgan fingerprint density at radius 1 is 1.17 bits per heavy atom. The van der Waals surface area contributed by atoms with Gasteiger partial charge >= 0.3 is 6.18 Å². The molecular formula is C35H37F3N3O6-. The normalized spacial score (nSPS) is 25.0. The SMILES string of the molecule is COC1=C2C(=O)c3c(O)cc(CN(CC4CC4)C(C)c4ccccc4)c(C(F)(F)F)c3C[C@H]2C[C@H]2CC(O)=C(C(N)=O)C(=[N-])[C@@]12OC. The van der Waals surface area contributed by atoms with Crippen LogP contribution in [0.3, 0.4) is 0 Å². The van der Waals surface area contributed by atoms with Crippen LogP contribution < -0.4 is 5.73 Å². The number of alkyl halides is 3. The number of hydrogen-bond donors (Lipinski definition) is 3. The molecule has 1 amide bonds. The first-order valence-corrected chi connectivity index (χ1v) is 15.6. The summed E-state index contributed by atoms with van der Waals surface area (Å²) in [6, 6.07) is 10.3. The number of benzene rings is 2. The number of fused-ring (bicyclic) bond motifs is 3. The molecule has 2 aromatic carbocycles. The minimum atomic E-state index is -4.85. The largest absolute Gasteiger partial charge is 0.804 e. The van der Waals surface area contributed by atoms with Gasteiger partial charge in [-0.2, -0.15) is 13.2 Å². The molecule has 0 aliphatic heterocycles. The molecule has 250 valence electrons. The lowest BCUT2D eigenvalue weighted by Crippen LogP contribution is -2.58. The maximum absolute atomic E-state index is 15.1. The van der Waals surface area contributed by atoms with E-state index in [2.05, 4.69) is 0 Å². The summed E-state index contributed by atoms with van der Waals surface area (Å²) in [6.45, 7) is 2.44. The zero-order valence-electron chi connectivity index (χ0n) is 26.4. The van der Waals surface area contributed by atoms with E-state index in [0.717, 1.165) is 24.5 Å². The number of phenols is 1. The number of ether oxygens (including phenoxy) is 2. The fourth-order valence-corrected chi connectivity index (χ4v) is 7.99. The molecule has 2 aromatic rings. The van der Waals surface area contributed by atoms with E-state index in [1.165, 1.54) is 14.2 Å². The topological polar surface area (TPSA) is 145 Å². The second-order valence-electron chi connectivity index (χ2n) is 13.0. The Bertz CT molecular complexity index is 1710. The van der Waals surface area contributed by atoms with Crippen molar-refractivity contribution < 1.29 is 42.4 Å². The zero-order chi connectivity index (χ0) is 34.0. The van der Waals surface area contributed by atoms with Crippen molar-refractivity contribution in [3.05, 3.63) is 92.3 Å². The summed E-state index contributed by atoms with van der Waals surface area (Å²) in [6.07, 6.45) is -3.33. The van der Waals surface area contributed by atoms with Gasteiger partial charge < -0.3 is 30.8 Å². The Hall–Kier alpha value is -4.16. The van der Waals surface area contributed by atoms with E-state index in [-0.39, 0.29) is 54.3 Å². The maximum Gasteiger partial charge on any atom is 0.417 e. The predicted molar refractivity (Wildman–Crippen MR) is 166 cm³/mol. The summed E-state index contributed by atoms with van der Waals surface area (Å²) in [5, 5.41) is 33.3. The first-order valence-electron chi connectivity index (χ1n) is 15.6. The van der Waals surface area contributed by atoms with Gasteiger partial charge in [0.2, 0.25) is 0 Å². The lowest BCUT2D eigenvalue weighted by atomic mass is 9.59. The van der Waals surface area contributed by atoms with E-state index in [4.69, 9.17) is 15.2 Å². The lowest BCUT2D eigenvalue weighted by Gasteiger charge is -2.53. The van der Waals surface area contributed by atoms with Gasteiger partial charge in [-0.25, -0.2) is 0 Å². The maximum atomic E-state index is 15.1. The molecule has 4 N–H and O–H groups in total. The minimum Gasteiger partial charge on any atom is -0.804 e. The molecule has 1 fully saturated rings. The van der Waals surface area contributed by atoms with Gasteiger partial charge in [0.1, 0.15) is 22.9 Å². The molecule has 4 aliphatic carbocycles. The van der Waals surface area contributed by atoms with E-state index in [1.807, 2.05) is 42.2 Å². The van der Waals surface area contributed by atoms with Crippen molar-refractivity contribution >= 4 is 17.4 Å². The molecule has 0 heterocycles. The number of halogens is 3. The van der Waals surface area contributed by atoms with Gasteiger partial charge in [-0.15, -0.1) is 5.71 Å².